The van der Waals surface area contributed by atoms with E-state index in [1.54, 1.807) is 13.8 Å². The Morgan fingerprint density at radius 1 is 1.53 bits per heavy atom. The molecule has 1 aromatic rings. The summed E-state index contributed by atoms with van der Waals surface area (Å²) in [5, 5.41) is 9.25. The van der Waals surface area contributed by atoms with Crippen molar-refractivity contribution in [2.45, 2.75) is 33.2 Å². The van der Waals surface area contributed by atoms with E-state index in [1.165, 1.54) is 10.6 Å². The number of aromatic nitrogens is 1. The first-order valence-corrected chi connectivity index (χ1v) is 5.56. The van der Waals surface area contributed by atoms with Gasteiger partial charge in [0.1, 0.15) is 11.8 Å². The van der Waals surface area contributed by atoms with Gasteiger partial charge >= 0.3 is 5.97 Å². The Balaban J connectivity index is 3.00. The average Bonchev–Trinajstić information content (AvgIpc) is 2.24. The molecule has 0 radical (unpaired) electrons. The molecule has 0 spiro atoms. The summed E-state index contributed by atoms with van der Waals surface area (Å²) >= 11 is 0. The van der Waals surface area contributed by atoms with Gasteiger partial charge in [-0.3, -0.25) is 9.36 Å². The molecule has 0 saturated heterocycles. The summed E-state index contributed by atoms with van der Waals surface area (Å²) in [7, 11) is 0. The van der Waals surface area contributed by atoms with Crippen LogP contribution in [0.1, 0.15) is 32.0 Å². The molecule has 1 rings (SSSR count). The van der Waals surface area contributed by atoms with Crippen LogP contribution in [0.15, 0.2) is 16.9 Å². The van der Waals surface area contributed by atoms with E-state index in [9.17, 15) is 14.7 Å². The second-order valence-electron chi connectivity index (χ2n) is 3.91. The van der Waals surface area contributed by atoms with Gasteiger partial charge < -0.3 is 9.84 Å². The van der Waals surface area contributed by atoms with Crippen LogP contribution in [0.3, 0.4) is 0 Å². The van der Waals surface area contributed by atoms with Gasteiger partial charge in [-0.2, -0.15) is 0 Å². The van der Waals surface area contributed by atoms with Crippen LogP contribution >= 0.6 is 0 Å². The lowest BCUT2D eigenvalue weighted by atomic mass is 10.2. The lowest BCUT2D eigenvalue weighted by molar-refractivity contribution is -0.147. The van der Waals surface area contributed by atoms with E-state index in [0.717, 1.165) is 12.5 Å². The number of hydrogen-bond donors (Lipinski definition) is 1. The highest BCUT2D eigenvalue weighted by atomic mass is 16.5. The second-order valence-corrected chi connectivity index (χ2v) is 3.91. The molecule has 0 aliphatic heterocycles. The highest BCUT2D eigenvalue weighted by Crippen LogP contribution is 2.13. The number of pyridine rings is 1. The fraction of sp³-hybridized carbons (Fsp3) is 0.500. The molecule has 0 amide bonds. The van der Waals surface area contributed by atoms with E-state index in [1.807, 2.05) is 6.92 Å². The fourth-order valence-electron chi connectivity index (χ4n) is 1.62. The van der Waals surface area contributed by atoms with Crippen molar-refractivity contribution in [3.63, 3.8) is 0 Å². The van der Waals surface area contributed by atoms with Gasteiger partial charge in [0.25, 0.3) is 5.56 Å². The second kappa shape index (κ2) is 5.52. The first-order chi connectivity index (χ1) is 7.97. The molecule has 0 saturated carbocycles. The smallest absolute Gasteiger partial charge is 0.328 e. The van der Waals surface area contributed by atoms with Gasteiger partial charge in [0.05, 0.1) is 6.61 Å². The minimum Gasteiger partial charge on any atom is -0.508 e. The molecule has 0 fully saturated rings. The van der Waals surface area contributed by atoms with Crippen molar-refractivity contribution in [2.24, 2.45) is 0 Å². The van der Waals surface area contributed by atoms with Crippen LogP contribution in [-0.2, 0) is 9.53 Å². The third-order valence-electron chi connectivity index (χ3n) is 2.42. The van der Waals surface area contributed by atoms with Gasteiger partial charge in [-0.15, -0.1) is 0 Å². The molecule has 0 aliphatic carbocycles. The van der Waals surface area contributed by atoms with E-state index in [0.29, 0.717) is 12.3 Å². The van der Waals surface area contributed by atoms with Crippen LogP contribution in [0.25, 0.3) is 0 Å². The highest BCUT2D eigenvalue weighted by Gasteiger charge is 2.19. The van der Waals surface area contributed by atoms with Crippen LogP contribution in [0.2, 0.25) is 0 Å². The van der Waals surface area contributed by atoms with Gasteiger partial charge in [-0.1, -0.05) is 6.92 Å². The first-order valence-electron chi connectivity index (χ1n) is 5.56. The Kier molecular flexibility index (Phi) is 4.31. The monoisotopic (exact) mass is 239 g/mol. The van der Waals surface area contributed by atoms with Crippen molar-refractivity contribution in [1.29, 1.82) is 0 Å². The maximum Gasteiger partial charge on any atom is 0.328 e. The lowest BCUT2D eigenvalue weighted by Gasteiger charge is -2.16. The van der Waals surface area contributed by atoms with Crippen molar-refractivity contribution in [3.8, 4) is 5.75 Å². The largest absolute Gasteiger partial charge is 0.508 e. The van der Waals surface area contributed by atoms with Gasteiger partial charge in [0.15, 0.2) is 0 Å². The van der Waals surface area contributed by atoms with Gasteiger partial charge in [-0.05, 0) is 26.3 Å². The Labute approximate surface area is 99.6 Å². The number of carbonyl (C=O) groups is 1. The van der Waals surface area contributed by atoms with Crippen LogP contribution < -0.4 is 5.56 Å². The summed E-state index contributed by atoms with van der Waals surface area (Å²) < 4.78 is 6.29. The first kappa shape index (κ1) is 13.3. The summed E-state index contributed by atoms with van der Waals surface area (Å²) in [4.78, 5) is 23.3. The maximum absolute atomic E-state index is 11.7. The van der Waals surface area contributed by atoms with Crippen LogP contribution in [0.5, 0.6) is 5.75 Å². The van der Waals surface area contributed by atoms with Crippen LogP contribution in [-0.4, -0.2) is 22.2 Å². The average molecular weight is 239 g/mol. The number of esters is 1. The van der Waals surface area contributed by atoms with Crippen molar-refractivity contribution in [2.75, 3.05) is 6.61 Å². The van der Waals surface area contributed by atoms with E-state index < -0.39 is 17.6 Å². The van der Waals surface area contributed by atoms with Crippen molar-refractivity contribution in [1.82, 2.24) is 4.57 Å². The zero-order valence-corrected chi connectivity index (χ0v) is 10.3. The molecule has 0 aromatic carbocycles. The fourth-order valence-corrected chi connectivity index (χ4v) is 1.62. The molecule has 0 aliphatic rings. The molecule has 5 heteroatoms. The summed E-state index contributed by atoms with van der Waals surface area (Å²) in [5.41, 5.74) is 0.111. The molecule has 5 nitrogen and oxygen atoms in total. The standard InChI is InChI=1S/C12H17NO4/c1-4-5-17-12(16)9(3)13-8(2)6-10(14)7-11(13)15/h6-7,9,14H,4-5H2,1-3H3. The molecule has 1 atom stereocenters. The van der Waals surface area contributed by atoms with Gasteiger partial charge in [-0.25, -0.2) is 4.79 Å². The Morgan fingerprint density at radius 2 is 2.18 bits per heavy atom. The number of nitrogens with zero attached hydrogens (tertiary/aromatic N) is 1. The zero-order chi connectivity index (χ0) is 13.0. The topological polar surface area (TPSA) is 68.5 Å². The molecule has 1 N–H and O–H groups in total. The van der Waals surface area contributed by atoms with Crippen LogP contribution in [0, 0.1) is 6.92 Å². The number of rotatable bonds is 4. The van der Waals surface area contributed by atoms with Crippen molar-refractivity contribution >= 4 is 5.97 Å². The summed E-state index contributed by atoms with van der Waals surface area (Å²) in [5.74, 6) is -0.541. The van der Waals surface area contributed by atoms with Gasteiger partial charge in [0, 0.05) is 11.8 Å². The number of hydrogen-bond acceptors (Lipinski definition) is 4. The summed E-state index contributed by atoms with van der Waals surface area (Å²) in [6.07, 6.45) is 0.738. The summed E-state index contributed by atoms with van der Waals surface area (Å²) in [6, 6.07) is 1.83. The van der Waals surface area contributed by atoms with Crippen molar-refractivity contribution < 1.29 is 14.6 Å². The third kappa shape index (κ3) is 3.09. The molecule has 0 bridgehead atoms. The van der Waals surface area contributed by atoms with Crippen LogP contribution in [0.4, 0.5) is 0 Å². The number of aryl methyl sites for hydroxylation is 1. The number of carbonyl (C=O) groups excluding carboxylic acids is 1. The molecular formula is C12H17NO4. The molecule has 94 valence electrons. The maximum atomic E-state index is 11.7. The van der Waals surface area contributed by atoms with E-state index >= 15 is 0 Å². The Hall–Kier alpha value is -1.78. The predicted octanol–water partition coefficient (Wildman–Crippen LogP) is 1.38. The Morgan fingerprint density at radius 3 is 2.71 bits per heavy atom. The number of aromatic hydroxyl groups is 1. The van der Waals surface area contributed by atoms with Gasteiger partial charge in [0.2, 0.25) is 0 Å². The lowest BCUT2D eigenvalue weighted by Crippen LogP contribution is -2.30. The van der Waals surface area contributed by atoms with E-state index in [2.05, 4.69) is 0 Å². The van der Waals surface area contributed by atoms with Crippen molar-refractivity contribution in [3.05, 3.63) is 28.2 Å². The third-order valence-corrected chi connectivity index (χ3v) is 2.42. The normalized spacial score (nSPS) is 12.2. The predicted molar refractivity (Wildman–Crippen MR) is 63.1 cm³/mol. The van der Waals surface area contributed by atoms with E-state index in [4.69, 9.17) is 4.74 Å². The number of ether oxygens (including phenoxy) is 1. The SMILES string of the molecule is CCCOC(=O)C(C)n1c(C)cc(O)cc1=O. The molecule has 1 aromatic heterocycles. The summed E-state index contributed by atoms with van der Waals surface area (Å²) in [6.45, 7) is 5.50. The highest BCUT2D eigenvalue weighted by molar-refractivity contribution is 5.73. The zero-order valence-electron chi connectivity index (χ0n) is 10.3. The molecule has 1 unspecified atom stereocenters. The molecular weight excluding hydrogens is 222 g/mol. The molecule has 1 heterocycles. The quantitative estimate of drug-likeness (QED) is 0.806. The minimum absolute atomic E-state index is 0.0992. The van der Waals surface area contributed by atoms with E-state index in [-0.39, 0.29) is 5.75 Å². The minimum atomic E-state index is -0.686. The molecule has 17 heavy (non-hydrogen) atoms. The Bertz CT molecular complexity index is 464.